The van der Waals surface area contributed by atoms with E-state index in [9.17, 15) is 25.1 Å². The Morgan fingerprint density at radius 2 is 2.05 bits per heavy atom. The van der Waals surface area contributed by atoms with Gasteiger partial charge in [-0.2, -0.15) is 0 Å². The maximum Gasteiger partial charge on any atom is 0.338 e. The van der Waals surface area contributed by atoms with Gasteiger partial charge in [0.25, 0.3) is 5.69 Å². The van der Waals surface area contributed by atoms with Gasteiger partial charge in [-0.1, -0.05) is 11.6 Å². The van der Waals surface area contributed by atoms with Crippen molar-refractivity contribution in [2.75, 3.05) is 18.5 Å². The number of nitrogens with zero attached hydrogens (tertiary/aromatic N) is 2. The molecule has 0 spiro atoms. The second-order valence-corrected chi connectivity index (χ2v) is 5.46. The van der Waals surface area contributed by atoms with Crippen LogP contribution in [0.4, 0.5) is 11.4 Å². The third-order valence-electron chi connectivity index (χ3n) is 2.50. The Morgan fingerprint density at radius 1 is 1.50 bits per heavy atom. The molecule has 0 aliphatic heterocycles. The predicted molar refractivity (Wildman–Crippen MR) is 74.6 cm³/mol. The first-order chi connectivity index (χ1) is 9.03. The molecule has 1 aromatic carbocycles. The zero-order valence-electron chi connectivity index (χ0n) is 11.3. The number of hydrogen-bond acceptors (Lipinski definition) is 5. The highest BCUT2D eigenvalue weighted by molar-refractivity contribution is 6.34. The smallest absolute Gasteiger partial charge is 0.338 e. The van der Waals surface area contributed by atoms with Crippen molar-refractivity contribution in [1.82, 2.24) is 0 Å². The summed E-state index contributed by atoms with van der Waals surface area (Å²) in [6.45, 7) is 3.23. The SMILES string of the molecule is CN(CC(C)(C)O)c1c(Cl)cc([N+](=O)[O-])cc1C(=O)O. The van der Waals surface area contributed by atoms with Crippen LogP contribution >= 0.6 is 11.6 Å². The van der Waals surface area contributed by atoms with Crippen molar-refractivity contribution in [2.24, 2.45) is 0 Å². The van der Waals surface area contributed by atoms with Crippen LogP contribution in [0.25, 0.3) is 0 Å². The lowest BCUT2D eigenvalue weighted by molar-refractivity contribution is -0.384. The fourth-order valence-electron chi connectivity index (χ4n) is 1.90. The number of benzene rings is 1. The van der Waals surface area contributed by atoms with E-state index < -0.39 is 22.2 Å². The summed E-state index contributed by atoms with van der Waals surface area (Å²) in [6, 6.07) is 2.04. The quantitative estimate of drug-likeness (QED) is 0.638. The first-order valence-electron chi connectivity index (χ1n) is 5.67. The van der Waals surface area contributed by atoms with Gasteiger partial charge in [-0.3, -0.25) is 10.1 Å². The molecule has 0 amide bonds. The van der Waals surface area contributed by atoms with Gasteiger partial charge >= 0.3 is 5.97 Å². The molecule has 0 bridgehead atoms. The second-order valence-electron chi connectivity index (χ2n) is 5.05. The standard InChI is InChI=1S/C12H15ClN2O5/c1-12(2,18)6-14(3)10-8(11(16)17)4-7(15(19)20)5-9(10)13/h4-5,18H,6H2,1-3H3,(H,16,17). The summed E-state index contributed by atoms with van der Waals surface area (Å²) >= 11 is 5.96. The van der Waals surface area contributed by atoms with Crippen LogP contribution in [0.15, 0.2) is 12.1 Å². The van der Waals surface area contributed by atoms with Crippen molar-refractivity contribution in [1.29, 1.82) is 0 Å². The van der Waals surface area contributed by atoms with Crippen LogP contribution in [0.3, 0.4) is 0 Å². The molecule has 0 fully saturated rings. The molecule has 0 heterocycles. The van der Waals surface area contributed by atoms with E-state index in [2.05, 4.69) is 0 Å². The summed E-state index contributed by atoms with van der Waals surface area (Å²) in [6.07, 6.45) is 0. The maximum atomic E-state index is 11.2. The Balaban J connectivity index is 3.38. The summed E-state index contributed by atoms with van der Waals surface area (Å²) in [4.78, 5) is 22.7. The van der Waals surface area contributed by atoms with Crippen molar-refractivity contribution in [3.63, 3.8) is 0 Å². The Bertz CT molecular complexity index is 554. The number of likely N-dealkylation sites (N-methyl/N-ethyl adjacent to an activating group) is 1. The summed E-state index contributed by atoms with van der Waals surface area (Å²) in [5.41, 5.74) is -1.62. The Hall–Kier alpha value is -1.86. The molecule has 0 saturated heterocycles. The minimum atomic E-state index is -1.33. The number of rotatable bonds is 5. The molecule has 7 nitrogen and oxygen atoms in total. The van der Waals surface area contributed by atoms with Gasteiger partial charge in [-0.15, -0.1) is 0 Å². The number of anilines is 1. The Morgan fingerprint density at radius 3 is 2.45 bits per heavy atom. The van der Waals surface area contributed by atoms with E-state index in [1.54, 1.807) is 20.9 Å². The minimum Gasteiger partial charge on any atom is -0.478 e. The summed E-state index contributed by atoms with van der Waals surface area (Å²) in [5.74, 6) is -1.33. The van der Waals surface area contributed by atoms with Crippen molar-refractivity contribution in [3.05, 3.63) is 32.8 Å². The predicted octanol–water partition coefficient (Wildman–Crippen LogP) is 2.15. The first kappa shape index (κ1) is 16.2. The summed E-state index contributed by atoms with van der Waals surface area (Å²) in [5, 5.41) is 29.6. The Kier molecular flexibility index (Phi) is 4.57. The molecule has 0 aliphatic carbocycles. The van der Waals surface area contributed by atoms with Crippen LogP contribution in [-0.4, -0.2) is 40.3 Å². The van der Waals surface area contributed by atoms with Crippen LogP contribution < -0.4 is 4.90 Å². The van der Waals surface area contributed by atoms with Gasteiger partial charge in [0.05, 0.1) is 26.8 Å². The van der Waals surface area contributed by atoms with Crippen LogP contribution in [-0.2, 0) is 0 Å². The average Bonchev–Trinajstić information content (AvgIpc) is 2.24. The molecule has 0 unspecified atom stereocenters. The lowest BCUT2D eigenvalue weighted by Gasteiger charge is -2.28. The van der Waals surface area contributed by atoms with E-state index in [4.69, 9.17) is 11.6 Å². The van der Waals surface area contributed by atoms with Crippen LogP contribution in [0, 0.1) is 10.1 Å². The highest BCUT2D eigenvalue weighted by Crippen LogP contribution is 2.34. The van der Waals surface area contributed by atoms with E-state index in [0.29, 0.717) is 0 Å². The van der Waals surface area contributed by atoms with E-state index >= 15 is 0 Å². The molecule has 110 valence electrons. The van der Waals surface area contributed by atoms with Crippen LogP contribution in [0.1, 0.15) is 24.2 Å². The van der Waals surface area contributed by atoms with Gasteiger partial charge in [0, 0.05) is 25.7 Å². The molecule has 0 radical (unpaired) electrons. The molecule has 0 aromatic heterocycles. The number of non-ortho nitro benzene ring substituents is 1. The number of carboxylic acids is 1. The van der Waals surface area contributed by atoms with E-state index in [-0.39, 0.29) is 22.8 Å². The molecule has 0 saturated carbocycles. The lowest BCUT2D eigenvalue weighted by Crippen LogP contribution is -2.37. The van der Waals surface area contributed by atoms with Crippen molar-refractivity contribution in [2.45, 2.75) is 19.4 Å². The highest BCUT2D eigenvalue weighted by atomic mass is 35.5. The molecular weight excluding hydrogens is 288 g/mol. The fourth-order valence-corrected chi connectivity index (χ4v) is 2.26. The van der Waals surface area contributed by atoms with E-state index in [1.807, 2.05) is 0 Å². The van der Waals surface area contributed by atoms with Crippen molar-refractivity contribution < 1.29 is 19.9 Å². The third kappa shape index (κ3) is 3.82. The monoisotopic (exact) mass is 302 g/mol. The molecule has 0 aliphatic rings. The molecule has 1 rings (SSSR count). The Labute approximate surface area is 120 Å². The topological polar surface area (TPSA) is 104 Å². The van der Waals surface area contributed by atoms with Gasteiger partial charge in [-0.05, 0) is 13.8 Å². The van der Waals surface area contributed by atoms with E-state index in [0.717, 1.165) is 12.1 Å². The van der Waals surface area contributed by atoms with Crippen molar-refractivity contribution >= 4 is 28.9 Å². The number of halogens is 1. The minimum absolute atomic E-state index is 0.0525. The number of aliphatic hydroxyl groups is 1. The van der Waals surface area contributed by atoms with Gasteiger partial charge in [-0.25, -0.2) is 4.79 Å². The maximum absolute atomic E-state index is 11.2. The highest BCUT2D eigenvalue weighted by Gasteiger charge is 2.25. The summed E-state index contributed by atoms with van der Waals surface area (Å²) < 4.78 is 0. The van der Waals surface area contributed by atoms with Gasteiger partial charge in [0.2, 0.25) is 0 Å². The van der Waals surface area contributed by atoms with Gasteiger partial charge in [0.1, 0.15) is 0 Å². The third-order valence-corrected chi connectivity index (χ3v) is 2.78. The molecular formula is C12H15ClN2O5. The van der Waals surface area contributed by atoms with Crippen LogP contribution in [0.5, 0.6) is 0 Å². The zero-order valence-corrected chi connectivity index (χ0v) is 12.0. The number of carboxylic acid groups (broad SMARTS) is 1. The average molecular weight is 303 g/mol. The zero-order chi connectivity index (χ0) is 15.7. The molecule has 20 heavy (non-hydrogen) atoms. The van der Waals surface area contributed by atoms with Gasteiger partial charge < -0.3 is 15.1 Å². The number of aromatic carboxylic acids is 1. The first-order valence-corrected chi connectivity index (χ1v) is 6.05. The summed E-state index contributed by atoms with van der Waals surface area (Å²) in [7, 11) is 1.55. The largest absolute Gasteiger partial charge is 0.478 e. The van der Waals surface area contributed by atoms with E-state index in [1.165, 1.54) is 4.90 Å². The number of nitro benzene ring substituents is 1. The normalized spacial score (nSPS) is 11.2. The molecule has 8 heteroatoms. The molecule has 0 atom stereocenters. The fraction of sp³-hybridized carbons (Fsp3) is 0.417. The molecule has 2 N–H and O–H groups in total. The molecule has 1 aromatic rings. The van der Waals surface area contributed by atoms with Crippen molar-refractivity contribution in [3.8, 4) is 0 Å². The second kappa shape index (κ2) is 5.64. The lowest BCUT2D eigenvalue weighted by atomic mass is 10.1. The number of hydrogen-bond donors (Lipinski definition) is 2. The van der Waals surface area contributed by atoms with Gasteiger partial charge in [0.15, 0.2) is 0 Å². The number of carbonyl (C=O) groups is 1. The number of nitro groups is 1. The van der Waals surface area contributed by atoms with Crippen LogP contribution in [0.2, 0.25) is 5.02 Å².